The van der Waals surface area contributed by atoms with Gasteiger partial charge in [-0.1, -0.05) is 0 Å². The van der Waals surface area contributed by atoms with Crippen LogP contribution in [-0.2, 0) is 0 Å². The van der Waals surface area contributed by atoms with Crippen LogP contribution >= 0.6 is 0 Å². The molecule has 12 heavy (non-hydrogen) atoms. The SMILES string of the molecule is Cc1ccn(-c2cnccn2)n1. The molecule has 0 amide bonds. The summed E-state index contributed by atoms with van der Waals surface area (Å²) in [5, 5.41) is 4.20. The van der Waals surface area contributed by atoms with Gasteiger partial charge in [0, 0.05) is 18.6 Å². The first kappa shape index (κ1) is 6.97. The van der Waals surface area contributed by atoms with Gasteiger partial charge in [0.15, 0.2) is 5.82 Å². The van der Waals surface area contributed by atoms with Crippen molar-refractivity contribution in [3.63, 3.8) is 0 Å². The van der Waals surface area contributed by atoms with Gasteiger partial charge in [-0.05, 0) is 13.0 Å². The normalized spacial score (nSPS) is 10.1. The first-order valence-electron chi connectivity index (χ1n) is 3.65. The maximum Gasteiger partial charge on any atom is 0.171 e. The number of aromatic nitrogens is 4. The Morgan fingerprint density at radius 1 is 1.33 bits per heavy atom. The zero-order valence-corrected chi connectivity index (χ0v) is 6.68. The van der Waals surface area contributed by atoms with Gasteiger partial charge in [-0.3, -0.25) is 4.98 Å². The lowest BCUT2D eigenvalue weighted by molar-refractivity contribution is 0.824. The molecule has 0 aromatic carbocycles. The smallest absolute Gasteiger partial charge is 0.171 e. The van der Waals surface area contributed by atoms with Crippen LogP contribution in [0.4, 0.5) is 0 Å². The first-order valence-corrected chi connectivity index (χ1v) is 3.65. The summed E-state index contributed by atoms with van der Waals surface area (Å²) in [6, 6.07) is 1.93. The molecule has 2 heterocycles. The highest BCUT2D eigenvalue weighted by Gasteiger charge is 1.96. The number of hydrogen-bond donors (Lipinski definition) is 0. The molecule has 0 aliphatic carbocycles. The van der Waals surface area contributed by atoms with Crippen molar-refractivity contribution in [2.24, 2.45) is 0 Å². The third kappa shape index (κ3) is 1.18. The van der Waals surface area contributed by atoms with Crippen LogP contribution in [0.2, 0.25) is 0 Å². The summed E-state index contributed by atoms with van der Waals surface area (Å²) in [7, 11) is 0. The molecular formula is C8H8N4. The third-order valence-electron chi connectivity index (χ3n) is 1.51. The van der Waals surface area contributed by atoms with Crippen molar-refractivity contribution in [1.82, 2.24) is 19.7 Å². The van der Waals surface area contributed by atoms with Crippen LogP contribution in [0.3, 0.4) is 0 Å². The van der Waals surface area contributed by atoms with Gasteiger partial charge >= 0.3 is 0 Å². The van der Waals surface area contributed by atoms with Crippen molar-refractivity contribution >= 4 is 0 Å². The highest BCUT2D eigenvalue weighted by atomic mass is 15.3. The second-order valence-corrected chi connectivity index (χ2v) is 2.47. The molecule has 0 aliphatic rings. The maximum atomic E-state index is 4.20. The van der Waals surface area contributed by atoms with Gasteiger partial charge in [-0.15, -0.1) is 0 Å². The Bertz CT molecular complexity index is 366. The summed E-state index contributed by atoms with van der Waals surface area (Å²) in [5.41, 5.74) is 0.973. The van der Waals surface area contributed by atoms with E-state index in [0.29, 0.717) is 0 Å². The molecule has 2 aromatic heterocycles. The van der Waals surface area contributed by atoms with E-state index >= 15 is 0 Å². The molecule has 0 saturated heterocycles. The largest absolute Gasteiger partial charge is 0.259 e. The monoisotopic (exact) mass is 160 g/mol. The lowest BCUT2D eigenvalue weighted by atomic mass is 10.5. The zero-order chi connectivity index (χ0) is 8.39. The molecule has 2 aromatic rings. The zero-order valence-electron chi connectivity index (χ0n) is 6.68. The van der Waals surface area contributed by atoms with Crippen molar-refractivity contribution in [2.45, 2.75) is 6.92 Å². The van der Waals surface area contributed by atoms with Crippen molar-refractivity contribution in [1.29, 1.82) is 0 Å². The molecular weight excluding hydrogens is 152 g/mol. The van der Waals surface area contributed by atoms with Gasteiger partial charge in [-0.2, -0.15) is 5.10 Å². The molecule has 0 bridgehead atoms. The molecule has 0 spiro atoms. The highest BCUT2D eigenvalue weighted by molar-refractivity contribution is 5.16. The second kappa shape index (κ2) is 2.73. The van der Waals surface area contributed by atoms with Gasteiger partial charge in [0.1, 0.15) is 0 Å². The van der Waals surface area contributed by atoms with Crippen LogP contribution in [0.5, 0.6) is 0 Å². The maximum absolute atomic E-state index is 4.20. The van der Waals surface area contributed by atoms with Crippen LogP contribution in [0.15, 0.2) is 30.9 Å². The Labute approximate surface area is 69.9 Å². The molecule has 0 aliphatic heterocycles. The van der Waals surface area contributed by atoms with E-state index in [0.717, 1.165) is 11.5 Å². The predicted molar refractivity (Wildman–Crippen MR) is 43.9 cm³/mol. The lowest BCUT2D eigenvalue weighted by Crippen LogP contribution is -1.97. The Morgan fingerprint density at radius 3 is 2.83 bits per heavy atom. The van der Waals surface area contributed by atoms with E-state index in [4.69, 9.17) is 0 Å². The van der Waals surface area contributed by atoms with E-state index in [1.165, 1.54) is 0 Å². The second-order valence-electron chi connectivity index (χ2n) is 2.47. The quantitative estimate of drug-likeness (QED) is 0.624. The number of hydrogen-bond acceptors (Lipinski definition) is 3. The van der Waals surface area contributed by atoms with E-state index in [1.807, 2.05) is 19.2 Å². The lowest BCUT2D eigenvalue weighted by Gasteiger charge is -1.96. The molecule has 2 rings (SSSR count). The minimum absolute atomic E-state index is 0.741. The highest BCUT2D eigenvalue weighted by Crippen LogP contribution is 2.00. The Morgan fingerprint density at radius 2 is 2.25 bits per heavy atom. The van der Waals surface area contributed by atoms with Gasteiger partial charge < -0.3 is 0 Å². The van der Waals surface area contributed by atoms with Crippen LogP contribution in [-0.4, -0.2) is 19.7 Å². The predicted octanol–water partition coefficient (Wildman–Crippen LogP) is 0.971. The summed E-state index contributed by atoms with van der Waals surface area (Å²) in [4.78, 5) is 8.05. The van der Waals surface area contributed by atoms with E-state index in [-0.39, 0.29) is 0 Å². The minimum Gasteiger partial charge on any atom is -0.259 e. The van der Waals surface area contributed by atoms with Crippen molar-refractivity contribution < 1.29 is 0 Å². The molecule has 0 radical (unpaired) electrons. The van der Waals surface area contributed by atoms with Crippen LogP contribution in [0.25, 0.3) is 5.82 Å². The van der Waals surface area contributed by atoms with Crippen molar-refractivity contribution in [3.8, 4) is 5.82 Å². The summed E-state index contributed by atoms with van der Waals surface area (Å²) in [5.74, 6) is 0.741. The van der Waals surface area contributed by atoms with Gasteiger partial charge in [-0.25, -0.2) is 9.67 Å². The summed E-state index contributed by atoms with van der Waals surface area (Å²) < 4.78 is 1.70. The molecule has 0 atom stereocenters. The molecule has 0 N–H and O–H groups in total. The van der Waals surface area contributed by atoms with Gasteiger partial charge in [0.25, 0.3) is 0 Å². The summed E-state index contributed by atoms with van der Waals surface area (Å²) in [6.07, 6.45) is 6.82. The Kier molecular flexibility index (Phi) is 1.59. The van der Waals surface area contributed by atoms with E-state index in [2.05, 4.69) is 15.1 Å². The fraction of sp³-hybridized carbons (Fsp3) is 0.125. The number of aryl methyl sites for hydroxylation is 1. The molecule has 60 valence electrons. The van der Waals surface area contributed by atoms with Crippen LogP contribution in [0.1, 0.15) is 5.69 Å². The summed E-state index contributed by atoms with van der Waals surface area (Å²) in [6.45, 7) is 1.94. The van der Waals surface area contributed by atoms with Gasteiger partial charge in [0.05, 0.1) is 11.9 Å². The molecule has 0 unspecified atom stereocenters. The molecule has 4 nitrogen and oxygen atoms in total. The standard InChI is InChI=1S/C8H8N4/c1-7-2-5-12(11-7)8-6-9-3-4-10-8/h2-6H,1H3. The van der Waals surface area contributed by atoms with Crippen molar-refractivity contribution in [2.75, 3.05) is 0 Å². The molecule has 0 saturated carbocycles. The van der Waals surface area contributed by atoms with Crippen LogP contribution in [0, 0.1) is 6.92 Å². The van der Waals surface area contributed by atoms with Crippen LogP contribution < -0.4 is 0 Å². The minimum atomic E-state index is 0.741. The average molecular weight is 160 g/mol. The Hall–Kier alpha value is -1.71. The number of rotatable bonds is 1. The molecule has 4 heteroatoms. The Balaban J connectivity index is 2.45. The summed E-state index contributed by atoms with van der Waals surface area (Å²) >= 11 is 0. The third-order valence-corrected chi connectivity index (χ3v) is 1.51. The molecule has 0 fully saturated rings. The van der Waals surface area contributed by atoms with Crippen molar-refractivity contribution in [3.05, 3.63) is 36.5 Å². The van der Waals surface area contributed by atoms with Gasteiger partial charge in [0.2, 0.25) is 0 Å². The van der Waals surface area contributed by atoms with E-state index < -0.39 is 0 Å². The van der Waals surface area contributed by atoms with E-state index in [1.54, 1.807) is 23.3 Å². The van der Waals surface area contributed by atoms with E-state index in [9.17, 15) is 0 Å². The number of nitrogens with zero attached hydrogens (tertiary/aromatic N) is 4. The fourth-order valence-corrected chi connectivity index (χ4v) is 0.952. The first-order chi connectivity index (χ1) is 5.86. The average Bonchev–Trinajstić information content (AvgIpc) is 2.54. The fourth-order valence-electron chi connectivity index (χ4n) is 0.952. The topological polar surface area (TPSA) is 43.6 Å².